The number of nitrogens with zero attached hydrogens (tertiary/aromatic N) is 2. The van der Waals surface area contributed by atoms with E-state index in [-0.39, 0.29) is 6.61 Å². The Labute approximate surface area is 172 Å². The van der Waals surface area contributed by atoms with Crippen LogP contribution in [0.5, 0.6) is 0 Å². The molecule has 2 aromatic carbocycles. The number of anilines is 3. The Morgan fingerprint density at radius 1 is 1.07 bits per heavy atom. The van der Waals surface area contributed by atoms with Gasteiger partial charge in [-0.2, -0.15) is 0 Å². The molecule has 0 saturated heterocycles. The first-order valence-electron chi connectivity index (χ1n) is 10.6. The fourth-order valence-electron chi connectivity index (χ4n) is 4.84. The summed E-state index contributed by atoms with van der Waals surface area (Å²) in [5, 5.41) is 13.1. The Hall–Kier alpha value is -2.85. The number of para-hydroxylation sites is 1. The van der Waals surface area contributed by atoms with E-state index in [1.54, 1.807) is 6.20 Å². The quantitative estimate of drug-likeness (QED) is 0.662. The Morgan fingerprint density at radius 3 is 2.93 bits per heavy atom. The van der Waals surface area contributed by atoms with Crippen molar-refractivity contribution < 1.29 is 5.11 Å². The summed E-state index contributed by atoms with van der Waals surface area (Å²) in [4.78, 5) is 6.66. The molecule has 0 fully saturated rings. The minimum absolute atomic E-state index is 0.0345. The number of pyridine rings is 1. The highest BCUT2D eigenvalue weighted by Gasteiger charge is 2.24. The molecular weight excluding hydrogens is 358 g/mol. The highest BCUT2D eigenvalue weighted by atomic mass is 16.3. The third-order valence-electron chi connectivity index (χ3n) is 6.38. The summed E-state index contributed by atoms with van der Waals surface area (Å²) < 4.78 is 0. The molecule has 148 valence electrons. The van der Waals surface area contributed by atoms with Gasteiger partial charge in [-0.1, -0.05) is 24.3 Å². The minimum Gasteiger partial charge on any atom is -0.392 e. The normalized spacial score (nSPS) is 17.7. The van der Waals surface area contributed by atoms with Crippen molar-refractivity contribution in [1.82, 2.24) is 4.98 Å². The standard InChI is InChI=1S/C25H27N3O/c29-17-21-10-12-26-16-24(21)27-15-20-6-3-5-19-14-22(8-9-23(19)20)28-13-11-18-4-1-2-7-25(18)28/h1-2,4,7-10,12,14,16,20,27,29H,3,5-6,11,13,15,17H2. The number of fused-ring (bicyclic) bond motifs is 2. The van der Waals surface area contributed by atoms with Crippen molar-refractivity contribution in [1.29, 1.82) is 0 Å². The smallest absolute Gasteiger partial charge is 0.0703 e. The number of aryl methyl sites for hydroxylation is 1. The first-order valence-corrected chi connectivity index (χ1v) is 10.6. The summed E-state index contributed by atoms with van der Waals surface area (Å²) >= 11 is 0. The lowest BCUT2D eigenvalue weighted by atomic mass is 9.82. The molecule has 5 rings (SSSR count). The van der Waals surface area contributed by atoms with E-state index in [2.05, 4.69) is 57.7 Å². The van der Waals surface area contributed by atoms with Crippen molar-refractivity contribution in [3.63, 3.8) is 0 Å². The average Bonchev–Trinajstić information content (AvgIpc) is 3.21. The third-order valence-corrected chi connectivity index (χ3v) is 6.38. The average molecular weight is 386 g/mol. The molecule has 3 aromatic rings. The molecule has 1 aromatic heterocycles. The van der Waals surface area contributed by atoms with Crippen molar-refractivity contribution >= 4 is 17.1 Å². The predicted molar refractivity (Wildman–Crippen MR) is 118 cm³/mol. The number of hydrogen-bond acceptors (Lipinski definition) is 4. The summed E-state index contributed by atoms with van der Waals surface area (Å²) in [6.45, 7) is 1.97. The van der Waals surface area contributed by atoms with Crippen molar-refractivity contribution in [2.75, 3.05) is 23.3 Å². The minimum atomic E-state index is 0.0345. The van der Waals surface area contributed by atoms with E-state index < -0.39 is 0 Å². The number of aliphatic hydroxyl groups is 1. The van der Waals surface area contributed by atoms with Crippen LogP contribution >= 0.6 is 0 Å². The predicted octanol–water partition coefficient (Wildman–Crippen LogP) is 4.80. The van der Waals surface area contributed by atoms with Crippen LogP contribution in [0.4, 0.5) is 17.1 Å². The van der Waals surface area contributed by atoms with Crippen molar-refractivity contribution in [3.8, 4) is 0 Å². The third kappa shape index (κ3) is 3.49. The van der Waals surface area contributed by atoms with E-state index in [0.29, 0.717) is 5.92 Å². The molecule has 29 heavy (non-hydrogen) atoms. The van der Waals surface area contributed by atoms with E-state index >= 15 is 0 Å². The molecule has 0 amide bonds. The van der Waals surface area contributed by atoms with Gasteiger partial charge in [-0.25, -0.2) is 0 Å². The van der Waals surface area contributed by atoms with Crippen LogP contribution in [0.15, 0.2) is 60.9 Å². The van der Waals surface area contributed by atoms with Gasteiger partial charge in [-0.15, -0.1) is 0 Å². The Morgan fingerprint density at radius 2 is 2.00 bits per heavy atom. The molecular formula is C25H27N3O. The molecule has 2 heterocycles. The maximum atomic E-state index is 9.54. The maximum Gasteiger partial charge on any atom is 0.0703 e. The van der Waals surface area contributed by atoms with Gasteiger partial charge < -0.3 is 15.3 Å². The largest absolute Gasteiger partial charge is 0.392 e. The number of aromatic nitrogens is 1. The monoisotopic (exact) mass is 385 g/mol. The summed E-state index contributed by atoms with van der Waals surface area (Å²) in [5.74, 6) is 0.491. The lowest BCUT2D eigenvalue weighted by Gasteiger charge is -2.28. The molecule has 4 nitrogen and oxygen atoms in total. The van der Waals surface area contributed by atoms with E-state index in [0.717, 1.165) is 37.2 Å². The van der Waals surface area contributed by atoms with Crippen LogP contribution in [0.1, 0.15) is 41.0 Å². The van der Waals surface area contributed by atoms with Crippen molar-refractivity contribution in [3.05, 3.63) is 83.2 Å². The molecule has 1 atom stereocenters. The number of rotatable bonds is 5. The van der Waals surface area contributed by atoms with Gasteiger partial charge in [0.05, 0.1) is 18.5 Å². The van der Waals surface area contributed by atoms with E-state index in [1.165, 1.54) is 40.9 Å². The lowest BCUT2D eigenvalue weighted by molar-refractivity contribution is 0.282. The Kier molecular flexibility index (Phi) is 4.94. The summed E-state index contributed by atoms with van der Waals surface area (Å²) in [7, 11) is 0. The zero-order valence-corrected chi connectivity index (χ0v) is 16.6. The fraction of sp³-hybridized carbons (Fsp3) is 0.320. The van der Waals surface area contributed by atoms with Gasteiger partial charge in [0, 0.05) is 42.1 Å². The second kappa shape index (κ2) is 7.88. The zero-order valence-electron chi connectivity index (χ0n) is 16.6. The molecule has 0 saturated carbocycles. The first-order chi connectivity index (χ1) is 14.3. The van der Waals surface area contributed by atoms with Gasteiger partial charge in [-0.05, 0) is 66.6 Å². The van der Waals surface area contributed by atoms with Crippen LogP contribution in [-0.4, -0.2) is 23.2 Å². The van der Waals surface area contributed by atoms with Gasteiger partial charge in [-0.3, -0.25) is 4.98 Å². The molecule has 0 spiro atoms. The summed E-state index contributed by atoms with van der Waals surface area (Å²) in [6, 6.07) is 17.7. The van der Waals surface area contributed by atoms with Gasteiger partial charge in [0.1, 0.15) is 0 Å². The van der Waals surface area contributed by atoms with Crippen LogP contribution in [0.25, 0.3) is 0 Å². The van der Waals surface area contributed by atoms with Gasteiger partial charge in [0.25, 0.3) is 0 Å². The Bertz CT molecular complexity index is 1020. The van der Waals surface area contributed by atoms with Gasteiger partial charge in [0.15, 0.2) is 0 Å². The van der Waals surface area contributed by atoms with Crippen molar-refractivity contribution in [2.24, 2.45) is 0 Å². The zero-order chi connectivity index (χ0) is 19.6. The van der Waals surface area contributed by atoms with Crippen molar-refractivity contribution in [2.45, 2.75) is 38.2 Å². The van der Waals surface area contributed by atoms with Gasteiger partial charge in [0.2, 0.25) is 0 Å². The summed E-state index contributed by atoms with van der Waals surface area (Å²) in [5.41, 5.74) is 8.91. The van der Waals surface area contributed by atoms with E-state index in [9.17, 15) is 5.11 Å². The number of benzene rings is 2. The number of nitrogens with one attached hydrogen (secondary N) is 1. The number of aliphatic hydroxyl groups excluding tert-OH is 1. The fourth-order valence-corrected chi connectivity index (χ4v) is 4.84. The highest BCUT2D eigenvalue weighted by molar-refractivity contribution is 5.70. The Balaban J connectivity index is 1.36. The molecule has 2 N–H and O–H groups in total. The second-order valence-electron chi connectivity index (χ2n) is 8.07. The molecule has 1 aliphatic heterocycles. The first kappa shape index (κ1) is 18.2. The molecule has 2 aliphatic rings. The van der Waals surface area contributed by atoms with Crippen LogP contribution in [-0.2, 0) is 19.4 Å². The topological polar surface area (TPSA) is 48.4 Å². The SMILES string of the molecule is OCc1ccncc1NCC1CCCc2cc(N3CCc4ccccc43)ccc21. The van der Waals surface area contributed by atoms with Crippen LogP contribution in [0, 0.1) is 0 Å². The molecule has 0 radical (unpaired) electrons. The van der Waals surface area contributed by atoms with Crippen LogP contribution < -0.4 is 10.2 Å². The van der Waals surface area contributed by atoms with Crippen LogP contribution in [0.3, 0.4) is 0 Å². The second-order valence-corrected chi connectivity index (χ2v) is 8.07. The van der Waals surface area contributed by atoms with E-state index in [4.69, 9.17) is 0 Å². The van der Waals surface area contributed by atoms with Gasteiger partial charge >= 0.3 is 0 Å². The molecule has 4 heteroatoms. The van der Waals surface area contributed by atoms with E-state index in [1.807, 2.05) is 12.3 Å². The molecule has 0 bridgehead atoms. The van der Waals surface area contributed by atoms with Crippen LogP contribution in [0.2, 0.25) is 0 Å². The molecule has 1 unspecified atom stereocenters. The highest BCUT2D eigenvalue weighted by Crippen LogP contribution is 2.38. The molecule has 1 aliphatic carbocycles. The maximum absolute atomic E-state index is 9.54. The number of hydrogen-bond donors (Lipinski definition) is 2. The summed E-state index contributed by atoms with van der Waals surface area (Å²) in [6.07, 6.45) is 8.23. The lowest BCUT2D eigenvalue weighted by Crippen LogP contribution is -2.20.